The summed E-state index contributed by atoms with van der Waals surface area (Å²) in [6, 6.07) is 3.64. The van der Waals surface area contributed by atoms with Crippen LogP contribution in [0.4, 0.5) is 0 Å². The van der Waals surface area contributed by atoms with E-state index in [9.17, 15) is 4.57 Å². The summed E-state index contributed by atoms with van der Waals surface area (Å²) in [5.41, 5.74) is 1.46. The molecule has 0 amide bonds. The smallest absolute Gasteiger partial charge is 0.359 e. The topological polar surface area (TPSA) is 64.0 Å². The first-order valence-electron chi connectivity index (χ1n) is 6.68. The lowest BCUT2D eigenvalue weighted by Crippen LogP contribution is -2.25. The van der Waals surface area contributed by atoms with Crippen molar-refractivity contribution < 1.29 is 13.6 Å². The van der Waals surface area contributed by atoms with Crippen LogP contribution in [0.15, 0.2) is 29.4 Å². The van der Waals surface area contributed by atoms with Crippen molar-refractivity contribution in [2.24, 2.45) is 4.99 Å². The van der Waals surface area contributed by atoms with E-state index in [1.54, 1.807) is 12.3 Å². The Kier molecular flexibility index (Phi) is 4.93. The Morgan fingerprint density at radius 2 is 2.05 bits per heavy atom. The van der Waals surface area contributed by atoms with Crippen LogP contribution in [0.3, 0.4) is 0 Å². The van der Waals surface area contributed by atoms with Crippen molar-refractivity contribution in [2.75, 3.05) is 27.8 Å². The van der Waals surface area contributed by atoms with Gasteiger partial charge in [0.1, 0.15) is 5.84 Å². The van der Waals surface area contributed by atoms with Gasteiger partial charge >= 0.3 is 7.60 Å². The Hall–Kier alpha value is -1.49. The van der Waals surface area contributed by atoms with E-state index in [-0.39, 0.29) is 0 Å². The summed E-state index contributed by atoms with van der Waals surface area (Å²) in [7, 11) is 1.27. The fourth-order valence-electron chi connectivity index (χ4n) is 2.08. The monoisotopic (exact) mass is 309 g/mol. The molecule has 0 saturated carbocycles. The van der Waals surface area contributed by atoms with Gasteiger partial charge in [-0.05, 0) is 25.1 Å². The van der Waals surface area contributed by atoms with Crippen molar-refractivity contribution >= 4 is 19.5 Å². The number of likely N-dealkylation sites (N-methyl/N-ethyl adjacent to an activating group) is 1. The molecule has 0 aromatic carbocycles. The highest BCUT2D eigenvalue weighted by Crippen LogP contribution is 2.61. The standard InChI is InChI=1S/C14H20N3O3P/c1-5-17(2)13-9-8-12-11(7-6-10-15-12)14(16-13)21(18,19-3)20-4/h6-10,14H,5H2,1-4H3. The fraction of sp³-hybridized carbons (Fsp3) is 0.429. The van der Waals surface area contributed by atoms with E-state index < -0.39 is 13.4 Å². The summed E-state index contributed by atoms with van der Waals surface area (Å²) in [6.45, 7) is 2.80. The van der Waals surface area contributed by atoms with Crippen LogP contribution in [0, 0.1) is 0 Å². The summed E-state index contributed by atoms with van der Waals surface area (Å²) in [5.74, 6) is -0.00924. The van der Waals surface area contributed by atoms with Gasteiger partial charge in [-0.25, -0.2) is 4.99 Å². The number of aliphatic imine (C=N–C) groups is 1. The number of hydrogen-bond donors (Lipinski definition) is 0. The highest BCUT2D eigenvalue weighted by atomic mass is 31.2. The van der Waals surface area contributed by atoms with E-state index in [0.29, 0.717) is 0 Å². The minimum Gasteiger partial charge on any atom is -0.360 e. The maximum atomic E-state index is 12.9. The molecule has 1 aliphatic heterocycles. The summed E-state index contributed by atoms with van der Waals surface area (Å²) in [4.78, 5) is 10.9. The Bertz CT molecular complexity index is 607. The van der Waals surface area contributed by atoms with Crippen LogP contribution in [-0.4, -0.2) is 43.5 Å². The number of aromatic nitrogens is 1. The Labute approximate surface area is 125 Å². The molecule has 0 aliphatic carbocycles. The normalized spacial score (nSPS) is 17.9. The maximum absolute atomic E-state index is 12.9. The number of pyridine rings is 1. The average molecular weight is 309 g/mol. The van der Waals surface area contributed by atoms with Gasteiger partial charge in [-0.2, -0.15) is 0 Å². The van der Waals surface area contributed by atoms with Crippen LogP contribution >= 0.6 is 7.60 Å². The van der Waals surface area contributed by atoms with E-state index >= 15 is 0 Å². The summed E-state index contributed by atoms with van der Waals surface area (Å²) in [5, 5.41) is 0. The molecule has 2 rings (SSSR count). The van der Waals surface area contributed by atoms with Gasteiger partial charge in [0.05, 0.1) is 5.69 Å². The lowest BCUT2D eigenvalue weighted by molar-refractivity contribution is 0.266. The molecule has 114 valence electrons. The Morgan fingerprint density at radius 3 is 2.67 bits per heavy atom. The number of amidine groups is 1. The molecule has 1 atom stereocenters. The molecule has 6 nitrogen and oxygen atoms in total. The second kappa shape index (κ2) is 6.52. The third kappa shape index (κ3) is 3.07. The quantitative estimate of drug-likeness (QED) is 0.800. The maximum Gasteiger partial charge on any atom is 0.359 e. The number of hydrogen-bond acceptors (Lipinski definition) is 6. The zero-order valence-electron chi connectivity index (χ0n) is 12.7. The first-order chi connectivity index (χ1) is 10.1. The molecule has 1 aromatic rings. The molecular weight excluding hydrogens is 289 g/mol. The second-order valence-corrected chi connectivity index (χ2v) is 6.89. The van der Waals surface area contributed by atoms with Gasteiger partial charge in [0, 0.05) is 39.6 Å². The Morgan fingerprint density at radius 1 is 1.33 bits per heavy atom. The number of nitrogens with zero attached hydrogens (tertiary/aromatic N) is 3. The first kappa shape index (κ1) is 15.9. The van der Waals surface area contributed by atoms with Crippen LogP contribution in [0.1, 0.15) is 24.0 Å². The zero-order valence-corrected chi connectivity index (χ0v) is 13.6. The molecular formula is C14H20N3O3P. The van der Waals surface area contributed by atoms with Gasteiger partial charge < -0.3 is 13.9 Å². The van der Waals surface area contributed by atoms with Gasteiger partial charge in [-0.1, -0.05) is 6.07 Å². The molecule has 0 saturated heterocycles. The summed E-state index contributed by atoms with van der Waals surface area (Å²) < 4.78 is 23.2. The second-order valence-electron chi connectivity index (χ2n) is 4.59. The van der Waals surface area contributed by atoms with Crippen molar-refractivity contribution in [3.05, 3.63) is 35.7 Å². The van der Waals surface area contributed by atoms with Crippen molar-refractivity contribution in [2.45, 2.75) is 12.7 Å². The molecule has 1 unspecified atom stereocenters. The minimum atomic E-state index is -3.40. The fourth-order valence-corrected chi connectivity index (χ4v) is 3.45. The third-order valence-corrected chi connectivity index (χ3v) is 5.48. The van der Waals surface area contributed by atoms with E-state index in [1.165, 1.54) is 14.2 Å². The molecule has 0 radical (unpaired) electrons. The number of fused-ring (bicyclic) bond motifs is 1. The van der Waals surface area contributed by atoms with E-state index in [1.807, 2.05) is 37.1 Å². The summed E-state index contributed by atoms with van der Waals surface area (Å²) in [6.07, 6.45) is 5.43. The molecule has 0 bridgehead atoms. The van der Waals surface area contributed by atoms with Crippen molar-refractivity contribution in [3.8, 4) is 0 Å². The predicted octanol–water partition coefficient (Wildman–Crippen LogP) is 2.94. The van der Waals surface area contributed by atoms with Gasteiger partial charge in [-0.15, -0.1) is 0 Å². The van der Waals surface area contributed by atoms with E-state index in [2.05, 4.69) is 9.98 Å². The molecule has 0 fully saturated rings. The molecule has 2 heterocycles. The SMILES string of the molecule is CCN(C)C1=NC(P(=O)(OC)OC)c2cccnc2C=C1. The van der Waals surface area contributed by atoms with Gasteiger partial charge in [-0.3, -0.25) is 9.55 Å². The molecule has 7 heteroatoms. The summed E-state index contributed by atoms with van der Waals surface area (Å²) >= 11 is 0. The predicted molar refractivity (Wildman–Crippen MR) is 83.4 cm³/mol. The number of rotatable bonds is 4. The highest BCUT2D eigenvalue weighted by Gasteiger charge is 2.38. The van der Waals surface area contributed by atoms with Gasteiger partial charge in [0.15, 0.2) is 5.78 Å². The largest absolute Gasteiger partial charge is 0.360 e. The molecule has 1 aromatic heterocycles. The minimum absolute atomic E-state index is 0.717. The van der Waals surface area contributed by atoms with E-state index in [4.69, 9.17) is 9.05 Å². The van der Waals surface area contributed by atoms with Crippen LogP contribution in [0.5, 0.6) is 0 Å². The van der Waals surface area contributed by atoms with Crippen LogP contribution in [0.25, 0.3) is 6.08 Å². The van der Waals surface area contributed by atoms with Crippen molar-refractivity contribution in [3.63, 3.8) is 0 Å². The average Bonchev–Trinajstić information content (AvgIpc) is 2.73. The molecule has 1 aliphatic rings. The van der Waals surface area contributed by atoms with Crippen LogP contribution < -0.4 is 0 Å². The third-order valence-electron chi connectivity index (χ3n) is 3.47. The van der Waals surface area contributed by atoms with E-state index in [0.717, 1.165) is 23.6 Å². The Balaban J connectivity index is 2.60. The van der Waals surface area contributed by atoms with Crippen LogP contribution in [0.2, 0.25) is 0 Å². The lowest BCUT2D eigenvalue weighted by atomic mass is 10.2. The van der Waals surface area contributed by atoms with Crippen molar-refractivity contribution in [1.82, 2.24) is 9.88 Å². The molecule has 0 spiro atoms. The molecule has 21 heavy (non-hydrogen) atoms. The first-order valence-corrected chi connectivity index (χ1v) is 8.30. The van der Waals surface area contributed by atoms with Crippen molar-refractivity contribution in [1.29, 1.82) is 0 Å². The molecule has 0 N–H and O–H groups in total. The van der Waals surface area contributed by atoms with Crippen LogP contribution in [-0.2, 0) is 13.6 Å². The highest BCUT2D eigenvalue weighted by molar-refractivity contribution is 7.54. The lowest BCUT2D eigenvalue weighted by Gasteiger charge is -2.24. The van der Waals surface area contributed by atoms with Gasteiger partial charge in [0.2, 0.25) is 0 Å². The zero-order chi connectivity index (χ0) is 15.5. The van der Waals surface area contributed by atoms with Gasteiger partial charge in [0.25, 0.3) is 0 Å².